The minimum Gasteiger partial charge on any atom is -0.492 e. The lowest BCUT2D eigenvalue weighted by atomic mass is 10.0. The van der Waals surface area contributed by atoms with E-state index >= 15 is 0 Å². The van der Waals surface area contributed by atoms with E-state index in [1.54, 1.807) is 7.11 Å². The zero-order valence-electron chi connectivity index (χ0n) is 15.8. The number of rotatable bonds is 9. The van der Waals surface area contributed by atoms with Gasteiger partial charge in [-0.3, -0.25) is 4.79 Å². The second kappa shape index (κ2) is 9.12. The third-order valence-electron chi connectivity index (χ3n) is 4.52. The lowest BCUT2D eigenvalue weighted by Gasteiger charge is -2.17. The molecule has 0 aliphatic carbocycles. The van der Waals surface area contributed by atoms with Gasteiger partial charge < -0.3 is 24.9 Å². The van der Waals surface area contributed by atoms with E-state index in [2.05, 4.69) is 26.2 Å². The summed E-state index contributed by atoms with van der Waals surface area (Å²) in [6, 6.07) is 10.9. The third-order valence-corrected chi connectivity index (χ3v) is 5.11. The van der Waals surface area contributed by atoms with Gasteiger partial charge in [0.25, 0.3) is 0 Å². The molecule has 6 nitrogen and oxygen atoms in total. The first-order chi connectivity index (χ1) is 13.5. The average Bonchev–Trinajstić information content (AvgIpc) is 3.08. The molecule has 0 radical (unpaired) electrons. The van der Waals surface area contributed by atoms with Gasteiger partial charge in [-0.2, -0.15) is 0 Å². The molecule has 28 heavy (non-hydrogen) atoms. The van der Waals surface area contributed by atoms with Gasteiger partial charge in [-0.05, 0) is 52.2 Å². The number of hydrogen-bond donors (Lipinski definition) is 3. The fourth-order valence-corrected chi connectivity index (χ4v) is 3.84. The molecular formula is C21H23BrN2O4. The van der Waals surface area contributed by atoms with Crippen LogP contribution in [0, 0.1) is 0 Å². The zero-order valence-corrected chi connectivity index (χ0v) is 17.4. The van der Waals surface area contributed by atoms with Gasteiger partial charge in [0.1, 0.15) is 6.04 Å². The monoisotopic (exact) mass is 446 g/mol. The molecule has 0 unspecified atom stereocenters. The van der Waals surface area contributed by atoms with E-state index in [0.29, 0.717) is 31.1 Å². The number of methoxy groups -OCH3 is 1. The smallest absolute Gasteiger partial charge is 0.321 e. The maximum atomic E-state index is 11.8. The van der Waals surface area contributed by atoms with E-state index in [1.165, 1.54) is 0 Å². The molecule has 0 amide bonds. The first kappa shape index (κ1) is 20.2. The number of benzene rings is 2. The molecule has 1 heterocycles. The molecule has 3 aromatic rings. The number of aromatic nitrogens is 1. The lowest BCUT2D eigenvalue weighted by Crippen LogP contribution is -2.38. The van der Waals surface area contributed by atoms with Crippen molar-refractivity contribution in [3.05, 3.63) is 58.2 Å². The highest BCUT2D eigenvalue weighted by molar-refractivity contribution is 9.10. The van der Waals surface area contributed by atoms with Crippen molar-refractivity contribution in [2.75, 3.05) is 13.7 Å². The van der Waals surface area contributed by atoms with Crippen LogP contribution in [-0.2, 0) is 17.8 Å². The van der Waals surface area contributed by atoms with Gasteiger partial charge in [0.2, 0.25) is 0 Å². The molecule has 148 valence electrons. The normalized spacial score (nSPS) is 12.1. The number of carboxylic acid groups (broad SMARTS) is 1. The molecule has 0 aliphatic heterocycles. The number of halogens is 1. The Kier molecular flexibility index (Phi) is 6.59. The van der Waals surface area contributed by atoms with E-state index in [0.717, 1.165) is 26.5 Å². The molecule has 7 heteroatoms. The highest BCUT2D eigenvalue weighted by Crippen LogP contribution is 2.36. The molecule has 3 N–H and O–H groups in total. The van der Waals surface area contributed by atoms with Crippen LogP contribution < -0.4 is 14.8 Å². The summed E-state index contributed by atoms with van der Waals surface area (Å²) in [5.74, 6) is 0.363. The number of aliphatic carboxylic acids is 1. The van der Waals surface area contributed by atoms with Crippen LogP contribution in [0.4, 0.5) is 0 Å². The maximum Gasteiger partial charge on any atom is 0.321 e. The van der Waals surface area contributed by atoms with Crippen LogP contribution in [0.3, 0.4) is 0 Å². The summed E-state index contributed by atoms with van der Waals surface area (Å²) in [5.41, 5.74) is 2.88. The van der Waals surface area contributed by atoms with Crippen LogP contribution in [-0.4, -0.2) is 35.8 Å². The SMILES string of the molecule is CCOc1cc(CN[C@@H](Cc2c[nH]c3ccccc23)C(=O)O)cc(Br)c1OC. The summed E-state index contributed by atoms with van der Waals surface area (Å²) in [4.78, 5) is 15.0. The number of H-pyrrole nitrogens is 1. The largest absolute Gasteiger partial charge is 0.492 e. The van der Waals surface area contributed by atoms with Gasteiger partial charge in [-0.1, -0.05) is 18.2 Å². The Morgan fingerprint density at radius 3 is 2.82 bits per heavy atom. The van der Waals surface area contributed by atoms with Crippen molar-refractivity contribution in [2.24, 2.45) is 0 Å². The van der Waals surface area contributed by atoms with Crippen molar-refractivity contribution in [3.8, 4) is 11.5 Å². The fourth-order valence-electron chi connectivity index (χ4n) is 3.19. The Hall–Kier alpha value is -2.51. The molecule has 1 aromatic heterocycles. The van der Waals surface area contributed by atoms with Crippen molar-refractivity contribution in [1.29, 1.82) is 0 Å². The highest BCUT2D eigenvalue weighted by atomic mass is 79.9. The van der Waals surface area contributed by atoms with Gasteiger partial charge in [0.15, 0.2) is 11.5 Å². The number of aromatic amines is 1. The minimum atomic E-state index is -0.886. The van der Waals surface area contributed by atoms with Crippen molar-refractivity contribution in [2.45, 2.75) is 25.9 Å². The molecule has 1 atom stereocenters. The van der Waals surface area contributed by atoms with Crippen LogP contribution in [0.5, 0.6) is 11.5 Å². The first-order valence-electron chi connectivity index (χ1n) is 9.03. The highest BCUT2D eigenvalue weighted by Gasteiger charge is 2.20. The van der Waals surface area contributed by atoms with Gasteiger partial charge >= 0.3 is 5.97 Å². The maximum absolute atomic E-state index is 11.8. The molecular weight excluding hydrogens is 424 g/mol. The lowest BCUT2D eigenvalue weighted by molar-refractivity contribution is -0.139. The van der Waals surface area contributed by atoms with Gasteiger partial charge in [-0.25, -0.2) is 0 Å². The van der Waals surface area contributed by atoms with Crippen LogP contribution in [0.15, 0.2) is 47.1 Å². The van der Waals surface area contributed by atoms with E-state index in [4.69, 9.17) is 9.47 Å². The van der Waals surface area contributed by atoms with Gasteiger partial charge in [0.05, 0.1) is 18.2 Å². The quantitative estimate of drug-likeness (QED) is 0.460. The van der Waals surface area contributed by atoms with Crippen LogP contribution in [0.2, 0.25) is 0 Å². The number of para-hydroxylation sites is 1. The second-order valence-electron chi connectivity index (χ2n) is 6.38. The Morgan fingerprint density at radius 1 is 1.32 bits per heavy atom. The first-order valence-corrected chi connectivity index (χ1v) is 9.83. The summed E-state index contributed by atoms with van der Waals surface area (Å²) in [7, 11) is 1.59. The number of ether oxygens (including phenoxy) is 2. The standard InChI is InChI=1S/C21H23BrN2O4/c1-3-28-19-9-13(8-16(22)20(19)27-2)11-23-18(21(25)26)10-14-12-24-17-7-5-4-6-15(14)17/h4-9,12,18,23-24H,3,10-11H2,1-2H3,(H,25,26)/t18-/m0/s1. The number of carboxylic acids is 1. The van der Waals surface area contributed by atoms with Crippen molar-refractivity contribution >= 4 is 32.8 Å². The van der Waals surface area contributed by atoms with Crippen molar-refractivity contribution in [3.63, 3.8) is 0 Å². The molecule has 0 bridgehead atoms. The summed E-state index contributed by atoms with van der Waals surface area (Å²) in [6.45, 7) is 2.81. The summed E-state index contributed by atoms with van der Waals surface area (Å²) in [5, 5.41) is 13.9. The Morgan fingerprint density at radius 2 is 2.11 bits per heavy atom. The number of carbonyl (C=O) groups is 1. The number of hydrogen-bond acceptors (Lipinski definition) is 4. The molecule has 0 saturated heterocycles. The summed E-state index contributed by atoms with van der Waals surface area (Å²) >= 11 is 3.49. The second-order valence-corrected chi connectivity index (χ2v) is 7.23. The average molecular weight is 447 g/mol. The molecule has 0 saturated carbocycles. The fraction of sp³-hybridized carbons (Fsp3) is 0.286. The van der Waals surface area contributed by atoms with E-state index in [-0.39, 0.29) is 0 Å². The van der Waals surface area contributed by atoms with Gasteiger partial charge in [0, 0.05) is 30.1 Å². The predicted molar refractivity (Wildman–Crippen MR) is 112 cm³/mol. The topological polar surface area (TPSA) is 83.6 Å². The molecule has 0 spiro atoms. The van der Waals surface area contributed by atoms with E-state index in [1.807, 2.05) is 49.5 Å². The summed E-state index contributed by atoms with van der Waals surface area (Å²) in [6.07, 6.45) is 2.26. The number of fused-ring (bicyclic) bond motifs is 1. The third kappa shape index (κ3) is 4.48. The minimum absolute atomic E-state index is 0.384. The number of nitrogens with one attached hydrogen (secondary N) is 2. The Labute approximate surface area is 172 Å². The Bertz CT molecular complexity index is 970. The summed E-state index contributed by atoms with van der Waals surface area (Å²) < 4.78 is 11.8. The zero-order chi connectivity index (χ0) is 20.1. The molecule has 3 rings (SSSR count). The van der Waals surface area contributed by atoms with Crippen LogP contribution in [0.1, 0.15) is 18.1 Å². The molecule has 2 aromatic carbocycles. The Balaban J connectivity index is 1.76. The van der Waals surface area contributed by atoms with Crippen molar-refractivity contribution in [1.82, 2.24) is 10.3 Å². The van der Waals surface area contributed by atoms with Gasteiger partial charge in [-0.15, -0.1) is 0 Å². The van der Waals surface area contributed by atoms with E-state index < -0.39 is 12.0 Å². The molecule has 0 aliphatic rings. The molecule has 0 fully saturated rings. The van der Waals surface area contributed by atoms with E-state index in [9.17, 15) is 9.90 Å². The van der Waals surface area contributed by atoms with Crippen molar-refractivity contribution < 1.29 is 19.4 Å². The van der Waals surface area contributed by atoms with Crippen LogP contribution in [0.25, 0.3) is 10.9 Å². The van der Waals surface area contributed by atoms with Crippen LogP contribution >= 0.6 is 15.9 Å². The predicted octanol–water partition coefficient (Wildman–Crippen LogP) is 4.12.